The molecule has 0 saturated carbocycles. The zero-order valence-electron chi connectivity index (χ0n) is 14.7. The van der Waals surface area contributed by atoms with Crippen LogP contribution < -0.4 is 4.74 Å². The molecule has 0 amide bonds. The van der Waals surface area contributed by atoms with E-state index in [2.05, 4.69) is 19.1 Å². The summed E-state index contributed by atoms with van der Waals surface area (Å²) >= 11 is 0. The molecule has 2 rings (SSSR count). The molecule has 0 aliphatic heterocycles. The molecule has 2 aromatic carbocycles. The van der Waals surface area contributed by atoms with E-state index in [1.165, 1.54) is 19.3 Å². The van der Waals surface area contributed by atoms with Gasteiger partial charge in [-0.15, -0.1) is 0 Å². The molecule has 0 radical (unpaired) electrons. The fourth-order valence-electron chi connectivity index (χ4n) is 2.50. The number of unbranched alkanes of at least 4 members (excludes halogenated alkanes) is 3. The van der Waals surface area contributed by atoms with E-state index < -0.39 is 0 Å². The predicted octanol–water partition coefficient (Wildman–Crippen LogP) is 5.67. The number of hydrogen-bond acceptors (Lipinski definition) is 3. The van der Waals surface area contributed by atoms with E-state index in [-0.39, 0.29) is 5.90 Å². The van der Waals surface area contributed by atoms with E-state index in [1.807, 2.05) is 43.3 Å². The Morgan fingerprint density at radius 3 is 2.04 bits per heavy atom. The second-order valence-electron chi connectivity index (χ2n) is 5.77. The van der Waals surface area contributed by atoms with E-state index in [9.17, 15) is 0 Å². The van der Waals surface area contributed by atoms with Crippen LogP contribution in [0.15, 0.2) is 48.5 Å². The van der Waals surface area contributed by atoms with E-state index in [4.69, 9.17) is 14.9 Å². The van der Waals surface area contributed by atoms with Crippen LogP contribution in [0.4, 0.5) is 0 Å². The Kier molecular flexibility index (Phi) is 7.34. The molecule has 0 atom stereocenters. The zero-order chi connectivity index (χ0) is 17.2. The molecule has 0 unspecified atom stereocenters. The average Bonchev–Trinajstić information content (AvgIpc) is 2.62. The first kappa shape index (κ1) is 18.1. The van der Waals surface area contributed by atoms with Crippen molar-refractivity contribution >= 4 is 5.90 Å². The molecular formula is C21H27NO2. The Hall–Kier alpha value is -2.29. The number of benzene rings is 2. The Bertz CT molecular complexity index is 617. The van der Waals surface area contributed by atoms with E-state index in [0.29, 0.717) is 6.61 Å². The van der Waals surface area contributed by atoms with Crippen molar-refractivity contribution in [1.29, 1.82) is 5.41 Å². The highest BCUT2D eigenvalue weighted by Gasteiger charge is 2.03. The van der Waals surface area contributed by atoms with Gasteiger partial charge < -0.3 is 9.47 Å². The minimum absolute atomic E-state index is 0.218. The second kappa shape index (κ2) is 9.76. The lowest BCUT2D eigenvalue weighted by atomic mass is 10.0. The van der Waals surface area contributed by atoms with Crippen molar-refractivity contribution in [2.24, 2.45) is 0 Å². The summed E-state index contributed by atoms with van der Waals surface area (Å²) < 4.78 is 11.0. The Labute approximate surface area is 145 Å². The fourth-order valence-corrected chi connectivity index (χ4v) is 2.50. The van der Waals surface area contributed by atoms with Gasteiger partial charge in [0.05, 0.1) is 13.2 Å². The van der Waals surface area contributed by atoms with Gasteiger partial charge in [0, 0.05) is 5.56 Å². The maximum Gasteiger partial charge on any atom is 0.213 e. The summed E-state index contributed by atoms with van der Waals surface area (Å²) in [5, 5.41) is 7.80. The van der Waals surface area contributed by atoms with Crippen LogP contribution in [-0.2, 0) is 4.74 Å². The molecule has 1 N–H and O–H groups in total. The fraction of sp³-hybridized carbons (Fsp3) is 0.381. The minimum atomic E-state index is 0.218. The summed E-state index contributed by atoms with van der Waals surface area (Å²) in [7, 11) is 0. The van der Waals surface area contributed by atoms with Crippen LogP contribution in [0.1, 0.15) is 45.1 Å². The van der Waals surface area contributed by atoms with Crippen molar-refractivity contribution < 1.29 is 9.47 Å². The highest BCUT2D eigenvalue weighted by molar-refractivity contribution is 5.92. The molecule has 0 spiro atoms. The zero-order valence-corrected chi connectivity index (χ0v) is 14.7. The standard InChI is InChI=1S/C21H27NO2/c1-3-5-6-7-16-24-20-14-12-18(13-15-20)17-8-10-19(11-9-17)21(22)23-4-2/h8-15,22H,3-7,16H2,1-2H3. The van der Waals surface area contributed by atoms with Gasteiger partial charge in [0.2, 0.25) is 5.90 Å². The molecule has 0 aliphatic rings. The molecule has 2 aromatic rings. The van der Waals surface area contributed by atoms with Gasteiger partial charge in [-0.25, -0.2) is 0 Å². The molecule has 0 bridgehead atoms. The Balaban J connectivity index is 1.91. The maximum absolute atomic E-state index is 7.80. The summed E-state index contributed by atoms with van der Waals surface area (Å²) in [5.41, 5.74) is 3.06. The van der Waals surface area contributed by atoms with Crippen LogP contribution in [-0.4, -0.2) is 19.1 Å². The molecule has 24 heavy (non-hydrogen) atoms. The molecule has 0 aliphatic carbocycles. The van der Waals surface area contributed by atoms with Gasteiger partial charge in [0.1, 0.15) is 5.75 Å². The average molecular weight is 325 g/mol. The van der Waals surface area contributed by atoms with Crippen molar-refractivity contribution in [1.82, 2.24) is 0 Å². The number of ether oxygens (including phenoxy) is 2. The summed E-state index contributed by atoms with van der Waals surface area (Å²) in [6.07, 6.45) is 4.87. The largest absolute Gasteiger partial charge is 0.494 e. The third-order valence-corrected chi connectivity index (χ3v) is 3.89. The van der Waals surface area contributed by atoms with Crippen molar-refractivity contribution in [2.45, 2.75) is 39.5 Å². The monoisotopic (exact) mass is 325 g/mol. The maximum atomic E-state index is 7.80. The first-order valence-electron chi connectivity index (χ1n) is 8.79. The lowest BCUT2D eigenvalue weighted by molar-refractivity contribution is 0.305. The molecule has 3 nitrogen and oxygen atoms in total. The lowest BCUT2D eigenvalue weighted by Gasteiger charge is -2.08. The van der Waals surface area contributed by atoms with Gasteiger partial charge in [-0.1, -0.05) is 50.5 Å². The van der Waals surface area contributed by atoms with Gasteiger partial charge in [-0.2, -0.15) is 0 Å². The van der Waals surface area contributed by atoms with Gasteiger partial charge in [-0.3, -0.25) is 5.41 Å². The third kappa shape index (κ3) is 5.41. The molecular weight excluding hydrogens is 298 g/mol. The predicted molar refractivity (Wildman–Crippen MR) is 100.0 cm³/mol. The quantitative estimate of drug-likeness (QED) is 0.366. The third-order valence-electron chi connectivity index (χ3n) is 3.89. The summed E-state index contributed by atoms with van der Waals surface area (Å²) in [6, 6.07) is 16.1. The van der Waals surface area contributed by atoms with Gasteiger partial charge in [0.25, 0.3) is 0 Å². The molecule has 128 valence electrons. The van der Waals surface area contributed by atoms with Gasteiger partial charge in [0.15, 0.2) is 0 Å². The van der Waals surface area contributed by atoms with E-state index in [1.54, 1.807) is 0 Å². The van der Waals surface area contributed by atoms with Crippen LogP contribution in [0.3, 0.4) is 0 Å². The lowest BCUT2D eigenvalue weighted by Crippen LogP contribution is -2.04. The second-order valence-corrected chi connectivity index (χ2v) is 5.77. The van der Waals surface area contributed by atoms with Crippen LogP contribution in [0.5, 0.6) is 5.75 Å². The molecule has 0 fully saturated rings. The van der Waals surface area contributed by atoms with Crippen LogP contribution >= 0.6 is 0 Å². The van der Waals surface area contributed by atoms with Gasteiger partial charge in [-0.05, 0) is 48.7 Å². The number of rotatable bonds is 9. The molecule has 0 saturated heterocycles. The van der Waals surface area contributed by atoms with Crippen molar-refractivity contribution in [2.75, 3.05) is 13.2 Å². The molecule has 0 aromatic heterocycles. The first-order valence-corrected chi connectivity index (χ1v) is 8.79. The van der Waals surface area contributed by atoms with Crippen LogP contribution in [0, 0.1) is 5.41 Å². The highest BCUT2D eigenvalue weighted by atomic mass is 16.5. The number of hydrogen-bond donors (Lipinski definition) is 1. The minimum Gasteiger partial charge on any atom is -0.494 e. The Morgan fingerprint density at radius 1 is 0.833 bits per heavy atom. The van der Waals surface area contributed by atoms with E-state index >= 15 is 0 Å². The van der Waals surface area contributed by atoms with Gasteiger partial charge >= 0.3 is 0 Å². The number of nitrogens with one attached hydrogen (secondary N) is 1. The van der Waals surface area contributed by atoms with Crippen molar-refractivity contribution in [3.8, 4) is 16.9 Å². The summed E-state index contributed by atoms with van der Waals surface area (Å²) in [4.78, 5) is 0. The SMILES string of the molecule is CCCCCCOc1ccc(-c2ccc(C(=N)OCC)cc2)cc1. The highest BCUT2D eigenvalue weighted by Crippen LogP contribution is 2.23. The topological polar surface area (TPSA) is 42.3 Å². The summed E-state index contributed by atoms with van der Waals surface area (Å²) in [6.45, 7) is 5.40. The van der Waals surface area contributed by atoms with Crippen LogP contribution in [0.25, 0.3) is 11.1 Å². The van der Waals surface area contributed by atoms with Crippen molar-refractivity contribution in [3.05, 3.63) is 54.1 Å². The van der Waals surface area contributed by atoms with Crippen molar-refractivity contribution in [3.63, 3.8) is 0 Å². The molecule has 0 heterocycles. The normalized spacial score (nSPS) is 10.4. The van der Waals surface area contributed by atoms with Crippen LogP contribution in [0.2, 0.25) is 0 Å². The summed E-state index contributed by atoms with van der Waals surface area (Å²) in [5.74, 6) is 1.14. The first-order chi connectivity index (χ1) is 11.7. The molecule has 3 heteroatoms. The smallest absolute Gasteiger partial charge is 0.213 e. The Morgan fingerprint density at radius 2 is 1.46 bits per heavy atom. The van der Waals surface area contributed by atoms with E-state index in [0.717, 1.165) is 35.5 Å².